The van der Waals surface area contributed by atoms with Crippen LogP contribution in [-0.4, -0.2) is 55.2 Å². The summed E-state index contributed by atoms with van der Waals surface area (Å²) in [5.41, 5.74) is 6.02. The van der Waals surface area contributed by atoms with Gasteiger partial charge in [-0.05, 0) is 18.4 Å². The molecule has 0 radical (unpaired) electrons. The molecule has 1 aliphatic heterocycles. The molecule has 0 spiro atoms. The lowest BCUT2D eigenvalue weighted by molar-refractivity contribution is -0.134. The van der Waals surface area contributed by atoms with Crippen molar-refractivity contribution in [3.63, 3.8) is 0 Å². The summed E-state index contributed by atoms with van der Waals surface area (Å²) >= 11 is 0. The van der Waals surface area contributed by atoms with Gasteiger partial charge in [0.1, 0.15) is 0 Å². The average Bonchev–Trinajstić information content (AvgIpc) is 3.26. The average molecular weight is 323 g/mol. The minimum atomic E-state index is -3.34. The number of piperazine rings is 1. The zero-order valence-corrected chi connectivity index (χ0v) is 13.3. The van der Waals surface area contributed by atoms with E-state index in [2.05, 4.69) is 0 Å². The van der Waals surface area contributed by atoms with Crippen molar-refractivity contribution in [1.29, 1.82) is 0 Å². The first-order chi connectivity index (χ1) is 10.4. The third-order valence-corrected chi connectivity index (χ3v) is 6.18. The number of amides is 1. The molecule has 1 aromatic rings. The monoisotopic (exact) mass is 323 g/mol. The molecule has 1 amide bonds. The summed E-state index contributed by atoms with van der Waals surface area (Å²) in [5, 5.41) is 0. The molecule has 3 rings (SSSR count). The Balaban J connectivity index is 1.59. The van der Waals surface area contributed by atoms with Crippen LogP contribution in [0, 0.1) is 0 Å². The van der Waals surface area contributed by atoms with Crippen molar-refractivity contribution in [2.75, 3.05) is 26.2 Å². The van der Waals surface area contributed by atoms with E-state index < -0.39 is 15.6 Å². The summed E-state index contributed by atoms with van der Waals surface area (Å²) in [6.45, 7) is 1.53. The Morgan fingerprint density at radius 3 is 2.23 bits per heavy atom. The highest BCUT2D eigenvalue weighted by Gasteiger charge is 2.48. The first kappa shape index (κ1) is 15.5. The van der Waals surface area contributed by atoms with Gasteiger partial charge in [0, 0.05) is 26.2 Å². The van der Waals surface area contributed by atoms with E-state index in [1.165, 1.54) is 4.31 Å². The summed E-state index contributed by atoms with van der Waals surface area (Å²) in [4.78, 5) is 13.9. The van der Waals surface area contributed by atoms with Gasteiger partial charge in [0.15, 0.2) is 0 Å². The minimum absolute atomic E-state index is 0.00259. The molecule has 120 valence electrons. The number of hydrogen-bond acceptors (Lipinski definition) is 4. The van der Waals surface area contributed by atoms with E-state index in [0.717, 1.165) is 18.4 Å². The predicted molar refractivity (Wildman–Crippen MR) is 83.4 cm³/mol. The Kier molecular flexibility index (Phi) is 3.96. The molecule has 6 nitrogen and oxygen atoms in total. The fourth-order valence-corrected chi connectivity index (χ4v) is 4.22. The molecule has 1 heterocycles. The molecule has 1 saturated carbocycles. The largest absolute Gasteiger partial charge is 0.338 e. The molecule has 22 heavy (non-hydrogen) atoms. The van der Waals surface area contributed by atoms with Crippen LogP contribution in [0.1, 0.15) is 18.4 Å². The topological polar surface area (TPSA) is 83.7 Å². The summed E-state index contributed by atoms with van der Waals surface area (Å²) in [6, 6.07) is 9.14. The van der Waals surface area contributed by atoms with Crippen LogP contribution in [0.3, 0.4) is 0 Å². The summed E-state index contributed by atoms with van der Waals surface area (Å²) in [5.74, 6) is -0.0320. The van der Waals surface area contributed by atoms with E-state index in [0.29, 0.717) is 26.2 Å². The molecule has 0 atom stereocenters. The van der Waals surface area contributed by atoms with Gasteiger partial charge < -0.3 is 10.6 Å². The van der Waals surface area contributed by atoms with Crippen molar-refractivity contribution in [3.05, 3.63) is 35.9 Å². The van der Waals surface area contributed by atoms with Crippen molar-refractivity contribution in [1.82, 2.24) is 9.21 Å². The molecule has 2 N–H and O–H groups in total. The Bertz CT molecular complexity index is 648. The van der Waals surface area contributed by atoms with Gasteiger partial charge in [-0.15, -0.1) is 0 Å². The fraction of sp³-hybridized carbons (Fsp3) is 0.533. The maximum Gasteiger partial charge on any atom is 0.242 e. The Hall–Kier alpha value is -1.44. The van der Waals surface area contributed by atoms with Gasteiger partial charge in [0.05, 0.1) is 11.3 Å². The van der Waals surface area contributed by atoms with E-state index in [-0.39, 0.29) is 11.7 Å². The van der Waals surface area contributed by atoms with Gasteiger partial charge >= 0.3 is 0 Å². The normalized spacial score (nSPS) is 21.6. The van der Waals surface area contributed by atoms with Crippen molar-refractivity contribution < 1.29 is 13.2 Å². The highest BCUT2D eigenvalue weighted by atomic mass is 32.2. The summed E-state index contributed by atoms with van der Waals surface area (Å²) < 4.78 is 26.3. The zero-order chi connectivity index (χ0) is 15.8. The standard InChI is InChI=1S/C15H21N3O3S/c16-15(6-7-15)14(19)17-8-10-18(11-9-17)22(20,21)12-13-4-2-1-3-5-13/h1-5H,6-12,16H2. The predicted octanol–water partition coefficient (Wildman–Crippen LogP) is 0.152. The van der Waals surface area contributed by atoms with Gasteiger partial charge in [-0.25, -0.2) is 8.42 Å². The fourth-order valence-electron chi connectivity index (χ4n) is 2.71. The Morgan fingerprint density at radius 2 is 1.68 bits per heavy atom. The van der Waals surface area contributed by atoms with Crippen molar-refractivity contribution in [2.45, 2.75) is 24.1 Å². The zero-order valence-electron chi connectivity index (χ0n) is 12.4. The SMILES string of the molecule is NC1(C(=O)N2CCN(S(=O)(=O)Cc3ccccc3)CC2)CC1. The molecule has 0 bridgehead atoms. The lowest BCUT2D eigenvalue weighted by Crippen LogP contribution is -2.55. The molecule has 2 aliphatic rings. The quantitative estimate of drug-likeness (QED) is 0.855. The molecular formula is C15H21N3O3S. The molecule has 7 heteroatoms. The highest BCUT2D eigenvalue weighted by molar-refractivity contribution is 7.88. The van der Waals surface area contributed by atoms with Crippen molar-refractivity contribution >= 4 is 15.9 Å². The third kappa shape index (κ3) is 3.16. The number of nitrogens with two attached hydrogens (primary N) is 1. The maximum absolute atomic E-state index is 12.4. The van der Waals surface area contributed by atoms with Crippen LogP contribution in [-0.2, 0) is 20.6 Å². The van der Waals surface area contributed by atoms with Crippen LogP contribution in [0.4, 0.5) is 0 Å². The second-order valence-corrected chi connectivity index (χ2v) is 8.06. The summed E-state index contributed by atoms with van der Waals surface area (Å²) in [7, 11) is -3.34. The van der Waals surface area contributed by atoms with E-state index in [4.69, 9.17) is 5.73 Å². The number of hydrogen-bond donors (Lipinski definition) is 1. The second-order valence-electron chi connectivity index (χ2n) is 6.09. The van der Waals surface area contributed by atoms with Gasteiger partial charge in [-0.2, -0.15) is 4.31 Å². The first-order valence-corrected chi connectivity index (χ1v) is 9.12. The van der Waals surface area contributed by atoms with Crippen LogP contribution in [0.25, 0.3) is 0 Å². The number of nitrogens with zero attached hydrogens (tertiary/aromatic N) is 2. The number of carbonyl (C=O) groups excluding carboxylic acids is 1. The number of sulfonamides is 1. The number of carbonyl (C=O) groups is 1. The van der Waals surface area contributed by atoms with Gasteiger partial charge in [-0.1, -0.05) is 30.3 Å². The molecule has 2 fully saturated rings. The minimum Gasteiger partial charge on any atom is -0.338 e. The van der Waals surface area contributed by atoms with Crippen LogP contribution in [0.2, 0.25) is 0 Å². The van der Waals surface area contributed by atoms with Gasteiger partial charge in [0.2, 0.25) is 15.9 Å². The molecule has 0 unspecified atom stereocenters. The van der Waals surface area contributed by atoms with E-state index in [1.807, 2.05) is 30.3 Å². The Labute approximate surface area is 130 Å². The molecule has 1 saturated heterocycles. The highest BCUT2D eigenvalue weighted by Crippen LogP contribution is 2.34. The molecule has 0 aromatic heterocycles. The summed E-state index contributed by atoms with van der Waals surface area (Å²) in [6.07, 6.45) is 1.47. The smallest absolute Gasteiger partial charge is 0.242 e. The van der Waals surface area contributed by atoms with E-state index in [1.54, 1.807) is 4.90 Å². The van der Waals surface area contributed by atoms with Crippen LogP contribution >= 0.6 is 0 Å². The van der Waals surface area contributed by atoms with E-state index >= 15 is 0 Å². The Morgan fingerprint density at radius 1 is 1.09 bits per heavy atom. The lowest BCUT2D eigenvalue weighted by Gasteiger charge is -2.35. The first-order valence-electron chi connectivity index (χ1n) is 7.51. The third-order valence-electron chi connectivity index (χ3n) is 4.33. The second kappa shape index (κ2) is 5.64. The lowest BCUT2D eigenvalue weighted by atomic mass is 10.2. The van der Waals surface area contributed by atoms with Crippen LogP contribution < -0.4 is 5.73 Å². The number of rotatable bonds is 4. The van der Waals surface area contributed by atoms with Gasteiger partial charge in [-0.3, -0.25) is 4.79 Å². The molecule has 1 aliphatic carbocycles. The van der Waals surface area contributed by atoms with Crippen LogP contribution in [0.15, 0.2) is 30.3 Å². The van der Waals surface area contributed by atoms with E-state index in [9.17, 15) is 13.2 Å². The molecule has 1 aromatic carbocycles. The van der Waals surface area contributed by atoms with Gasteiger partial charge in [0.25, 0.3) is 0 Å². The van der Waals surface area contributed by atoms with Crippen molar-refractivity contribution in [2.24, 2.45) is 5.73 Å². The number of benzene rings is 1. The molecular weight excluding hydrogens is 302 g/mol. The maximum atomic E-state index is 12.4. The van der Waals surface area contributed by atoms with Crippen LogP contribution in [0.5, 0.6) is 0 Å². The van der Waals surface area contributed by atoms with Crippen molar-refractivity contribution in [3.8, 4) is 0 Å².